The van der Waals surface area contributed by atoms with E-state index in [2.05, 4.69) is 15.4 Å². The number of aromatic nitrogens is 3. The molecule has 0 aliphatic heterocycles. The van der Waals surface area contributed by atoms with Crippen LogP contribution in [0.3, 0.4) is 0 Å². The average molecular weight is 380 g/mol. The molecule has 0 unspecified atom stereocenters. The number of rotatable bonds is 4. The first-order valence-corrected chi connectivity index (χ1v) is 7.55. The molecule has 6 nitrogen and oxygen atoms in total. The van der Waals surface area contributed by atoms with Crippen molar-refractivity contribution in [2.24, 2.45) is 7.05 Å². The van der Waals surface area contributed by atoms with E-state index in [4.69, 9.17) is 4.74 Å². The third-order valence-electron chi connectivity index (χ3n) is 3.38. The molecule has 0 fully saturated rings. The molecule has 140 valence electrons. The lowest BCUT2D eigenvalue weighted by molar-refractivity contribution is -0.141. The van der Waals surface area contributed by atoms with Gasteiger partial charge in [0.25, 0.3) is 5.91 Å². The summed E-state index contributed by atoms with van der Waals surface area (Å²) in [6, 6.07) is 10.2. The number of aryl methyl sites for hydroxylation is 1. The number of alkyl halides is 3. The number of carbonyl (C=O) groups excluding carboxylic acids is 1. The van der Waals surface area contributed by atoms with Crippen molar-refractivity contribution in [3.8, 4) is 11.8 Å². The summed E-state index contributed by atoms with van der Waals surface area (Å²) in [5.41, 5.74) is -0.940. The standard InChI is InChI=1S/C17H12F4N4O2/c1-25-15(9-13(24-25)17(19,20)21)27-14-7-3-6-12(23-14)16(26)22-11-5-2-4-10(18)8-11/h2-9H,1H3,(H,22,26). The van der Waals surface area contributed by atoms with E-state index in [0.717, 1.165) is 16.8 Å². The van der Waals surface area contributed by atoms with Crippen LogP contribution in [0.2, 0.25) is 0 Å². The van der Waals surface area contributed by atoms with E-state index in [1.807, 2.05) is 0 Å². The minimum atomic E-state index is -4.61. The van der Waals surface area contributed by atoms with Gasteiger partial charge in [-0.2, -0.15) is 18.3 Å². The molecule has 0 aliphatic rings. The fourth-order valence-corrected chi connectivity index (χ4v) is 2.15. The molecule has 2 heterocycles. The van der Waals surface area contributed by atoms with E-state index >= 15 is 0 Å². The number of hydrogen-bond donors (Lipinski definition) is 1. The molecule has 27 heavy (non-hydrogen) atoms. The van der Waals surface area contributed by atoms with Gasteiger partial charge in [0.1, 0.15) is 11.5 Å². The molecule has 0 bridgehead atoms. The van der Waals surface area contributed by atoms with Gasteiger partial charge in [0, 0.05) is 24.9 Å². The highest BCUT2D eigenvalue weighted by molar-refractivity contribution is 6.02. The maximum Gasteiger partial charge on any atom is 0.435 e. The Morgan fingerprint density at radius 1 is 1.15 bits per heavy atom. The van der Waals surface area contributed by atoms with Crippen LogP contribution in [0.4, 0.5) is 23.2 Å². The number of amides is 1. The molecule has 10 heteroatoms. The number of nitrogens with zero attached hydrogens (tertiary/aromatic N) is 3. The van der Waals surface area contributed by atoms with Crippen molar-refractivity contribution in [2.75, 3.05) is 5.32 Å². The smallest absolute Gasteiger partial charge is 0.421 e. The number of carbonyl (C=O) groups is 1. The highest BCUT2D eigenvalue weighted by atomic mass is 19.4. The van der Waals surface area contributed by atoms with Crippen molar-refractivity contribution in [1.29, 1.82) is 0 Å². The molecule has 0 radical (unpaired) electrons. The third kappa shape index (κ3) is 4.40. The molecule has 0 atom stereocenters. The maximum absolute atomic E-state index is 13.2. The Kier molecular flexibility index (Phi) is 4.80. The highest BCUT2D eigenvalue weighted by Gasteiger charge is 2.35. The fraction of sp³-hybridized carbons (Fsp3) is 0.118. The summed E-state index contributed by atoms with van der Waals surface area (Å²) in [6.45, 7) is 0. The molecular weight excluding hydrogens is 368 g/mol. The van der Waals surface area contributed by atoms with Crippen LogP contribution in [-0.2, 0) is 13.2 Å². The lowest BCUT2D eigenvalue weighted by Gasteiger charge is -2.07. The largest absolute Gasteiger partial charge is 0.435 e. The number of hydrogen-bond acceptors (Lipinski definition) is 4. The molecule has 3 aromatic rings. The van der Waals surface area contributed by atoms with E-state index < -0.39 is 23.6 Å². The summed E-state index contributed by atoms with van der Waals surface area (Å²) in [5.74, 6) is -1.45. The maximum atomic E-state index is 13.2. The molecule has 1 N–H and O–H groups in total. The van der Waals surface area contributed by atoms with Gasteiger partial charge < -0.3 is 10.1 Å². The van der Waals surface area contributed by atoms with Crippen LogP contribution in [-0.4, -0.2) is 20.7 Å². The van der Waals surface area contributed by atoms with Gasteiger partial charge in [-0.15, -0.1) is 0 Å². The summed E-state index contributed by atoms with van der Waals surface area (Å²) in [4.78, 5) is 16.2. The first-order valence-electron chi connectivity index (χ1n) is 7.55. The highest BCUT2D eigenvalue weighted by Crippen LogP contribution is 2.31. The van der Waals surface area contributed by atoms with Crippen molar-refractivity contribution in [1.82, 2.24) is 14.8 Å². The molecule has 0 saturated heterocycles. The van der Waals surface area contributed by atoms with Crippen molar-refractivity contribution in [3.63, 3.8) is 0 Å². The second kappa shape index (κ2) is 7.06. The summed E-state index contributed by atoms with van der Waals surface area (Å²) in [7, 11) is 1.28. The van der Waals surface area contributed by atoms with Gasteiger partial charge in [0.05, 0.1) is 0 Å². The van der Waals surface area contributed by atoms with Crippen molar-refractivity contribution < 1.29 is 27.1 Å². The Balaban J connectivity index is 1.78. The fourth-order valence-electron chi connectivity index (χ4n) is 2.15. The quantitative estimate of drug-likeness (QED) is 0.695. The minimum Gasteiger partial charge on any atom is -0.421 e. The van der Waals surface area contributed by atoms with Crippen LogP contribution >= 0.6 is 0 Å². The predicted molar refractivity (Wildman–Crippen MR) is 86.9 cm³/mol. The molecule has 0 aliphatic carbocycles. The van der Waals surface area contributed by atoms with Crippen molar-refractivity contribution in [3.05, 3.63) is 65.7 Å². The lowest BCUT2D eigenvalue weighted by atomic mass is 10.3. The van der Waals surface area contributed by atoms with Crippen molar-refractivity contribution in [2.45, 2.75) is 6.18 Å². The zero-order valence-electron chi connectivity index (χ0n) is 13.8. The molecule has 3 rings (SSSR count). The number of anilines is 1. The van der Waals surface area contributed by atoms with Gasteiger partial charge in [-0.25, -0.2) is 14.1 Å². The van der Waals surface area contributed by atoms with Crippen LogP contribution in [0.25, 0.3) is 0 Å². The number of ether oxygens (including phenoxy) is 1. The van der Waals surface area contributed by atoms with Crippen LogP contribution in [0.15, 0.2) is 48.5 Å². The van der Waals surface area contributed by atoms with Gasteiger partial charge >= 0.3 is 6.18 Å². The molecule has 2 aromatic heterocycles. The summed E-state index contributed by atoms with van der Waals surface area (Å²) in [5, 5.41) is 5.79. The van der Waals surface area contributed by atoms with Crippen LogP contribution < -0.4 is 10.1 Å². The van der Waals surface area contributed by atoms with Gasteiger partial charge in [0.2, 0.25) is 11.8 Å². The Labute approximate surface area is 150 Å². The van der Waals surface area contributed by atoms with Crippen LogP contribution in [0.1, 0.15) is 16.2 Å². The number of benzene rings is 1. The Morgan fingerprint density at radius 2 is 1.89 bits per heavy atom. The molecule has 0 saturated carbocycles. The van der Waals surface area contributed by atoms with Gasteiger partial charge in [-0.3, -0.25) is 4.79 Å². The van der Waals surface area contributed by atoms with Gasteiger partial charge in [-0.1, -0.05) is 12.1 Å². The molecule has 1 amide bonds. The average Bonchev–Trinajstić information content (AvgIpc) is 2.96. The van der Waals surface area contributed by atoms with Gasteiger partial charge in [-0.05, 0) is 24.3 Å². The van der Waals surface area contributed by atoms with Gasteiger partial charge in [0.15, 0.2) is 5.69 Å². The van der Waals surface area contributed by atoms with E-state index in [1.54, 1.807) is 0 Å². The summed E-state index contributed by atoms with van der Waals surface area (Å²) >= 11 is 0. The second-order valence-electron chi connectivity index (χ2n) is 5.42. The summed E-state index contributed by atoms with van der Waals surface area (Å²) < 4.78 is 57.5. The van der Waals surface area contributed by atoms with E-state index in [-0.39, 0.29) is 23.1 Å². The first-order chi connectivity index (χ1) is 12.7. The van der Waals surface area contributed by atoms with Crippen molar-refractivity contribution >= 4 is 11.6 Å². The third-order valence-corrected chi connectivity index (χ3v) is 3.38. The Morgan fingerprint density at radius 3 is 2.56 bits per heavy atom. The lowest BCUT2D eigenvalue weighted by Crippen LogP contribution is -2.14. The van der Waals surface area contributed by atoms with E-state index in [9.17, 15) is 22.4 Å². The number of halogens is 4. The SMILES string of the molecule is Cn1nc(C(F)(F)F)cc1Oc1cccc(C(=O)Nc2cccc(F)c2)n1. The first kappa shape index (κ1) is 18.4. The molecule has 0 spiro atoms. The zero-order valence-corrected chi connectivity index (χ0v) is 13.8. The van der Waals surface area contributed by atoms with Crippen LogP contribution in [0, 0.1) is 5.82 Å². The summed E-state index contributed by atoms with van der Waals surface area (Å²) in [6.07, 6.45) is -4.61. The topological polar surface area (TPSA) is 69.0 Å². The number of pyridine rings is 1. The van der Waals surface area contributed by atoms with E-state index in [1.165, 1.54) is 43.4 Å². The predicted octanol–water partition coefficient (Wildman–Crippen LogP) is 4.02. The molecule has 1 aromatic carbocycles. The number of nitrogens with one attached hydrogen (secondary N) is 1. The monoisotopic (exact) mass is 380 g/mol. The Bertz CT molecular complexity index is 985. The second-order valence-corrected chi connectivity index (χ2v) is 5.42. The minimum absolute atomic E-state index is 0.0602. The molecular formula is C17H12F4N4O2. The zero-order chi connectivity index (χ0) is 19.6. The normalized spacial score (nSPS) is 11.3. The Hall–Kier alpha value is -3.43. The van der Waals surface area contributed by atoms with Crippen LogP contribution in [0.5, 0.6) is 11.8 Å². The van der Waals surface area contributed by atoms with E-state index in [0.29, 0.717) is 0 Å².